The topological polar surface area (TPSA) is 153 Å². The van der Waals surface area contributed by atoms with Crippen molar-refractivity contribution in [3.05, 3.63) is 38.4 Å². The number of ether oxygens (including phenoxy) is 1. The maximum absolute atomic E-state index is 12.0. The van der Waals surface area contributed by atoms with E-state index in [1.54, 1.807) is 13.8 Å². The number of nitro groups is 1. The highest BCUT2D eigenvalue weighted by molar-refractivity contribution is 7.17. The fraction of sp³-hybridized carbons (Fsp3) is 0.214. The highest BCUT2D eigenvalue weighted by atomic mass is 32.1. The molecular formula is C14H15N5O5S. The first-order valence-electron chi connectivity index (χ1n) is 7.04. The zero-order chi connectivity index (χ0) is 18.6. The first kappa shape index (κ1) is 18.1. The summed E-state index contributed by atoms with van der Waals surface area (Å²) in [5.74, 6) is -1.11. The molecule has 4 N–H and O–H groups in total. The van der Waals surface area contributed by atoms with E-state index in [2.05, 4.69) is 15.5 Å². The Morgan fingerprint density at radius 3 is 2.88 bits per heavy atom. The fourth-order valence-electron chi connectivity index (χ4n) is 1.94. The summed E-state index contributed by atoms with van der Waals surface area (Å²) in [4.78, 5) is 26.5. The van der Waals surface area contributed by atoms with E-state index in [1.165, 1.54) is 12.3 Å². The van der Waals surface area contributed by atoms with Crippen molar-refractivity contribution in [3.63, 3.8) is 0 Å². The zero-order valence-corrected chi connectivity index (χ0v) is 14.2. The molecule has 2 rings (SSSR count). The molecule has 10 nitrogen and oxygen atoms in total. The molecule has 0 aliphatic heterocycles. The third kappa shape index (κ3) is 4.20. The van der Waals surface area contributed by atoms with Crippen LogP contribution in [0.5, 0.6) is 11.5 Å². The number of anilines is 1. The Morgan fingerprint density at radius 2 is 2.32 bits per heavy atom. The number of hydrogen-bond acceptors (Lipinski definition) is 9. The van der Waals surface area contributed by atoms with E-state index in [9.17, 15) is 20.0 Å². The number of phenols is 1. The molecule has 11 heteroatoms. The molecule has 1 heterocycles. The van der Waals surface area contributed by atoms with Gasteiger partial charge in [0.1, 0.15) is 4.88 Å². The maximum atomic E-state index is 12.0. The Balaban J connectivity index is 2.21. The number of nitrogen functional groups attached to an aromatic ring is 1. The van der Waals surface area contributed by atoms with Gasteiger partial charge in [-0.15, -0.1) is 0 Å². The van der Waals surface area contributed by atoms with Crippen LogP contribution in [0.15, 0.2) is 17.2 Å². The third-order valence-corrected chi connectivity index (χ3v) is 3.96. The Morgan fingerprint density at radius 1 is 1.60 bits per heavy atom. The molecule has 0 atom stereocenters. The van der Waals surface area contributed by atoms with Gasteiger partial charge < -0.3 is 15.6 Å². The van der Waals surface area contributed by atoms with E-state index in [-0.39, 0.29) is 23.1 Å². The number of benzene rings is 1. The van der Waals surface area contributed by atoms with E-state index < -0.39 is 22.3 Å². The first-order valence-corrected chi connectivity index (χ1v) is 7.85. The van der Waals surface area contributed by atoms with Crippen LogP contribution in [0.25, 0.3) is 0 Å². The number of carbonyl (C=O) groups excluding carboxylic acids is 1. The van der Waals surface area contributed by atoms with Crippen LogP contribution in [0.2, 0.25) is 0 Å². The third-order valence-electron chi connectivity index (χ3n) is 2.97. The number of hydrogen-bond donors (Lipinski definition) is 3. The number of phenolic OH excluding ortho intramolecular Hbond substituents is 1. The van der Waals surface area contributed by atoms with Crippen LogP contribution >= 0.6 is 11.3 Å². The Kier molecular flexibility index (Phi) is 5.49. The summed E-state index contributed by atoms with van der Waals surface area (Å²) in [6.07, 6.45) is 1.20. The van der Waals surface area contributed by atoms with E-state index in [4.69, 9.17) is 10.5 Å². The van der Waals surface area contributed by atoms with E-state index in [0.29, 0.717) is 10.6 Å². The molecule has 0 spiro atoms. The minimum Gasteiger partial charge on any atom is -0.500 e. The number of nitro benzene ring substituents is 1. The smallest absolute Gasteiger partial charge is 0.315 e. The molecule has 132 valence electrons. The van der Waals surface area contributed by atoms with E-state index in [0.717, 1.165) is 17.4 Å². The largest absolute Gasteiger partial charge is 0.500 e. The van der Waals surface area contributed by atoms with Crippen molar-refractivity contribution >= 4 is 34.3 Å². The molecular weight excluding hydrogens is 350 g/mol. The predicted octanol–water partition coefficient (Wildman–Crippen LogP) is 1.81. The molecule has 0 unspecified atom stereocenters. The summed E-state index contributed by atoms with van der Waals surface area (Å²) in [6, 6.07) is 2.49. The summed E-state index contributed by atoms with van der Waals surface area (Å²) in [6.45, 7) is 3.53. The summed E-state index contributed by atoms with van der Waals surface area (Å²) >= 11 is 1.02. The van der Waals surface area contributed by atoms with Gasteiger partial charge in [0.2, 0.25) is 5.75 Å². The number of amides is 1. The second-order valence-electron chi connectivity index (χ2n) is 4.74. The summed E-state index contributed by atoms with van der Waals surface area (Å²) in [5.41, 5.74) is 8.05. The number of aromatic hydroxyl groups is 1. The van der Waals surface area contributed by atoms with Gasteiger partial charge in [-0.3, -0.25) is 14.9 Å². The van der Waals surface area contributed by atoms with Crippen molar-refractivity contribution in [3.8, 4) is 11.5 Å². The van der Waals surface area contributed by atoms with Crippen LogP contribution in [-0.2, 0) is 0 Å². The molecule has 2 aromatic rings. The van der Waals surface area contributed by atoms with Crippen molar-refractivity contribution in [1.29, 1.82) is 0 Å². The van der Waals surface area contributed by atoms with Crippen LogP contribution in [0.3, 0.4) is 0 Å². The van der Waals surface area contributed by atoms with Crippen LogP contribution < -0.4 is 15.9 Å². The number of aromatic nitrogens is 1. The Hall–Kier alpha value is -3.21. The number of nitrogens with zero attached hydrogens (tertiary/aromatic N) is 3. The molecule has 25 heavy (non-hydrogen) atoms. The number of nitrogens with one attached hydrogen (secondary N) is 1. The van der Waals surface area contributed by atoms with Gasteiger partial charge in [0.05, 0.1) is 23.4 Å². The predicted molar refractivity (Wildman–Crippen MR) is 92.3 cm³/mol. The van der Waals surface area contributed by atoms with Gasteiger partial charge in [0.25, 0.3) is 5.91 Å². The molecule has 0 fully saturated rings. The van der Waals surface area contributed by atoms with Gasteiger partial charge in [-0.2, -0.15) is 5.10 Å². The summed E-state index contributed by atoms with van der Waals surface area (Å²) < 4.78 is 5.16. The number of rotatable bonds is 6. The molecule has 0 saturated heterocycles. The number of carbonyl (C=O) groups is 1. The van der Waals surface area contributed by atoms with Crippen molar-refractivity contribution in [2.45, 2.75) is 13.8 Å². The fourth-order valence-corrected chi connectivity index (χ4v) is 2.66. The lowest BCUT2D eigenvalue weighted by atomic mass is 10.2. The minimum absolute atomic E-state index is 0.0458. The second-order valence-corrected chi connectivity index (χ2v) is 5.77. The SMILES string of the molecule is CCOc1cc(/C=N\NC(=O)c2sc(N)nc2C)cc([N+](=O)[O-])c1O. The van der Waals surface area contributed by atoms with Gasteiger partial charge in [0.15, 0.2) is 10.9 Å². The monoisotopic (exact) mass is 365 g/mol. The van der Waals surface area contributed by atoms with Crippen molar-refractivity contribution in [2.24, 2.45) is 5.10 Å². The molecule has 0 saturated carbocycles. The lowest BCUT2D eigenvalue weighted by molar-refractivity contribution is -0.386. The van der Waals surface area contributed by atoms with Gasteiger partial charge in [-0.1, -0.05) is 11.3 Å². The summed E-state index contributed by atoms with van der Waals surface area (Å²) in [7, 11) is 0. The highest BCUT2D eigenvalue weighted by Gasteiger charge is 2.20. The van der Waals surface area contributed by atoms with Crippen LogP contribution in [0.1, 0.15) is 27.9 Å². The molecule has 1 amide bonds. The average Bonchev–Trinajstić information content (AvgIpc) is 2.88. The Labute approximate surface area is 146 Å². The van der Waals surface area contributed by atoms with E-state index in [1.807, 2.05) is 0 Å². The molecule has 0 aliphatic rings. The number of thiazole rings is 1. The van der Waals surface area contributed by atoms with Gasteiger partial charge in [-0.25, -0.2) is 10.4 Å². The standard InChI is InChI=1S/C14H15N5O5S/c1-3-24-10-5-8(4-9(11(10)20)19(22)23)6-16-18-13(21)12-7(2)17-14(15)25-12/h4-6,20H,3H2,1-2H3,(H2,15,17)(H,18,21)/b16-6-. The van der Waals surface area contributed by atoms with E-state index >= 15 is 0 Å². The van der Waals surface area contributed by atoms with Gasteiger partial charge in [0, 0.05) is 11.6 Å². The highest BCUT2D eigenvalue weighted by Crippen LogP contribution is 2.36. The number of hydrazone groups is 1. The minimum atomic E-state index is -0.739. The molecule has 0 aliphatic carbocycles. The van der Waals surface area contributed by atoms with Crippen LogP contribution in [-0.4, -0.2) is 33.7 Å². The Bertz CT molecular complexity index is 848. The maximum Gasteiger partial charge on any atom is 0.315 e. The summed E-state index contributed by atoms with van der Waals surface area (Å²) in [5, 5.41) is 24.8. The molecule has 1 aromatic carbocycles. The lowest BCUT2D eigenvalue weighted by Crippen LogP contribution is -2.17. The average molecular weight is 365 g/mol. The first-order chi connectivity index (χ1) is 11.8. The van der Waals surface area contributed by atoms with Crippen LogP contribution in [0.4, 0.5) is 10.8 Å². The normalized spacial score (nSPS) is 10.8. The van der Waals surface area contributed by atoms with Gasteiger partial charge >= 0.3 is 5.69 Å². The lowest BCUT2D eigenvalue weighted by Gasteiger charge is -2.07. The molecule has 1 aromatic heterocycles. The van der Waals surface area contributed by atoms with Crippen LogP contribution in [0, 0.1) is 17.0 Å². The van der Waals surface area contributed by atoms with Crippen molar-refractivity contribution in [2.75, 3.05) is 12.3 Å². The van der Waals surface area contributed by atoms with Crippen molar-refractivity contribution in [1.82, 2.24) is 10.4 Å². The zero-order valence-electron chi connectivity index (χ0n) is 13.3. The number of aryl methyl sites for hydroxylation is 1. The van der Waals surface area contributed by atoms with Crippen molar-refractivity contribution < 1.29 is 19.6 Å². The van der Waals surface area contributed by atoms with Gasteiger partial charge in [-0.05, 0) is 19.9 Å². The molecule has 0 bridgehead atoms. The molecule has 0 radical (unpaired) electrons. The number of nitrogens with two attached hydrogens (primary N) is 1. The quantitative estimate of drug-likeness (QED) is 0.401. The second kappa shape index (κ2) is 7.57.